The molecule has 1 atom stereocenters. The number of benzene rings is 1. The zero-order valence-electron chi connectivity index (χ0n) is 11.9. The first-order valence-electron chi connectivity index (χ1n) is 7.10. The van der Waals surface area contributed by atoms with E-state index in [9.17, 15) is 4.79 Å². The molecule has 0 saturated heterocycles. The van der Waals surface area contributed by atoms with Crippen molar-refractivity contribution in [3.63, 3.8) is 0 Å². The van der Waals surface area contributed by atoms with Crippen LogP contribution in [0.25, 0.3) is 0 Å². The van der Waals surface area contributed by atoms with Crippen LogP contribution in [0.5, 0.6) is 11.5 Å². The molecule has 3 rings (SSSR count). The van der Waals surface area contributed by atoms with Crippen molar-refractivity contribution in [1.82, 2.24) is 4.98 Å². The minimum Gasteiger partial charge on any atom is -0.492 e. The number of Topliss-reactive ketones (excluding diaryl/α,β-unsaturated/α-hetero) is 1. The van der Waals surface area contributed by atoms with Crippen molar-refractivity contribution < 1.29 is 14.3 Å². The molecule has 1 aliphatic heterocycles. The van der Waals surface area contributed by atoms with E-state index < -0.39 is 0 Å². The zero-order valence-corrected chi connectivity index (χ0v) is 11.9. The van der Waals surface area contributed by atoms with E-state index in [-0.39, 0.29) is 11.7 Å². The van der Waals surface area contributed by atoms with Crippen molar-refractivity contribution in [3.8, 4) is 11.5 Å². The van der Waals surface area contributed by atoms with Crippen LogP contribution in [0.4, 0.5) is 0 Å². The molecule has 21 heavy (non-hydrogen) atoms. The minimum atomic E-state index is -0.0268. The molecule has 0 unspecified atom stereocenters. The number of ketones is 1. The number of aromatic nitrogens is 1. The van der Waals surface area contributed by atoms with Gasteiger partial charge in [0.25, 0.3) is 0 Å². The first-order chi connectivity index (χ1) is 10.3. The fourth-order valence-electron chi connectivity index (χ4n) is 2.35. The molecule has 1 aromatic carbocycles. The zero-order chi connectivity index (χ0) is 14.7. The van der Waals surface area contributed by atoms with Gasteiger partial charge in [-0.2, -0.15) is 0 Å². The van der Waals surface area contributed by atoms with Gasteiger partial charge in [0, 0.05) is 18.5 Å². The third kappa shape index (κ3) is 2.89. The lowest BCUT2D eigenvalue weighted by atomic mass is 9.93. The number of carbonyl (C=O) groups is 1. The second-order valence-corrected chi connectivity index (χ2v) is 5.08. The lowest BCUT2D eigenvalue weighted by Gasteiger charge is -2.23. The van der Waals surface area contributed by atoms with Crippen LogP contribution in [0, 0.1) is 5.92 Å². The highest BCUT2D eigenvalue weighted by molar-refractivity contribution is 6.01. The minimum absolute atomic E-state index is 0.0268. The van der Waals surface area contributed by atoms with Gasteiger partial charge in [-0.1, -0.05) is 6.92 Å². The smallest absolute Gasteiger partial charge is 0.173 e. The molecule has 2 aromatic rings. The Hall–Kier alpha value is -2.36. The van der Waals surface area contributed by atoms with Gasteiger partial charge in [-0.05, 0) is 36.2 Å². The van der Waals surface area contributed by atoms with Gasteiger partial charge in [0.1, 0.15) is 18.1 Å². The highest BCUT2D eigenvalue weighted by atomic mass is 16.5. The van der Waals surface area contributed by atoms with Crippen molar-refractivity contribution in [2.24, 2.45) is 5.92 Å². The molecule has 0 fully saturated rings. The van der Waals surface area contributed by atoms with Gasteiger partial charge >= 0.3 is 0 Å². The molecule has 0 N–H and O–H groups in total. The van der Waals surface area contributed by atoms with Crippen molar-refractivity contribution in [2.45, 2.75) is 20.0 Å². The van der Waals surface area contributed by atoms with E-state index in [1.54, 1.807) is 24.5 Å². The van der Waals surface area contributed by atoms with Gasteiger partial charge in [0.15, 0.2) is 5.78 Å². The number of pyridine rings is 1. The second kappa shape index (κ2) is 5.95. The third-order valence-corrected chi connectivity index (χ3v) is 3.68. The fourth-order valence-corrected chi connectivity index (χ4v) is 2.35. The largest absolute Gasteiger partial charge is 0.492 e. The molecule has 4 nitrogen and oxygen atoms in total. The third-order valence-electron chi connectivity index (χ3n) is 3.68. The van der Waals surface area contributed by atoms with E-state index in [0.29, 0.717) is 30.3 Å². The average Bonchev–Trinajstić information content (AvgIpc) is 2.54. The molecule has 0 bridgehead atoms. The quantitative estimate of drug-likeness (QED) is 0.864. The number of nitrogens with zero attached hydrogens (tertiary/aromatic N) is 1. The van der Waals surface area contributed by atoms with Gasteiger partial charge < -0.3 is 9.47 Å². The fraction of sp³-hybridized carbons (Fsp3) is 0.294. The van der Waals surface area contributed by atoms with Gasteiger partial charge in [0.05, 0.1) is 18.1 Å². The van der Waals surface area contributed by atoms with Gasteiger partial charge in [-0.25, -0.2) is 0 Å². The van der Waals surface area contributed by atoms with Gasteiger partial charge in [0.2, 0.25) is 0 Å². The van der Waals surface area contributed by atoms with Gasteiger partial charge in [-0.3, -0.25) is 9.78 Å². The number of ether oxygens (including phenoxy) is 2. The van der Waals surface area contributed by atoms with E-state index in [2.05, 4.69) is 4.98 Å². The molecule has 0 saturated carbocycles. The molecule has 2 heterocycles. The summed E-state index contributed by atoms with van der Waals surface area (Å²) in [7, 11) is 0. The monoisotopic (exact) mass is 283 g/mol. The maximum absolute atomic E-state index is 12.2. The van der Waals surface area contributed by atoms with Crippen LogP contribution >= 0.6 is 0 Å². The Kier molecular flexibility index (Phi) is 3.86. The molecular weight excluding hydrogens is 266 g/mol. The van der Waals surface area contributed by atoms with Crippen molar-refractivity contribution in [1.29, 1.82) is 0 Å². The highest BCUT2D eigenvalue weighted by Gasteiger charge is 2.27. The summed E-state index contributed by atoms with van der Waals surface area (Å²) in [4.78, 5) is 16.2. The summed E-state index contributed by atoms with van der Waals surface area (Å²) < 4.78 is 11.4. The summed E-state index contributed by atoms with van der Waals surface area (Å²) in [6.45, 7) is 2.92. The molecule has 0 amide bonds. The maximum atomic E-state index is 12.2. The van der Waals surface area contributed by atoms with E-state index in [1.165, 1.54) is 0 Å². The summed E-state index contributed by atoms with van der Waals surface area (Å²) in [5.74, 6) is 1.46. The van der Waals surface area contributed by atoms with E-state index in [1.807, 2.05) is 25.1 Å². The molecule has 108 valence electrons. The summed E-state index contributed by atoms with van der Waals surface area (Å²) in [6, 6.07) is 9.22. The Balaban J connectivity index is 1.73. The number of rotatable bonds is 4. The first kappa shape index (κ1) is 13.6. The van der Waals surface area contributed by atoms with E-state index in [0.717, 1.165) is 12.0 Å². The normalized spacial score (nSPS) is 17.0. The predicted octanol–water partition coefficient (Wildman–Crippen LogP) is 3.26. The van der Waals surface area contributed by atoms with Crippen LogP contribution in [-0.2, 0) is 6.61 Å². The van der Waals surface area contributed by atoms with Crippen LogP contribution in [0.3, 0.4) is 0 Å². The molecule has 4 heteroatoms. The standard InChI is InChI=1S/C17H17NO3/c1-2-13-11-21-16-9-14(3-4-15(16)17(13)19)20-10-12-5-7-18-8-6-12/h3-9,13H,2,10-11H2,1H3/t13-/m1/s1. The molecular formula is C17H17NO3. The predicted molar refractivity (Wildman–Crippen MR) is 78.6 cm³/mol. The Morgan fingerprint density at radius 3 is 2.86 bits per heavy atom. The van der Waals surface area contributed by atoms with E-state index in [4.69, 9.17) is 9.47 Å². The maximum Gasteiger partial charge on any atom is 0.173 e. The summed E-state index contributed by atoms with van der Waals surface area (Å²) in [6.07, 6.45) is 4.27. The second-order valence-electron chi connectivity index (χ2n) is 5.08. The number of carbonyl (C=O) groups excluding carboxylic acids is 1. The number of hydrogen-bond acceptors (Lipinski definition) is 4. The lowest BCUT2D eigenvalue weighted by molar-refractivity contribution is 0.0826. The summed E-state index contributed by atoms with van der Waals surface area (Å²) in [5.41, 5.74) is 1.70. The summed E-state index contributed by atoms with van der Waals surface area (Å²) >= 11 is 0. The first-order valence-corrected chi connectivity index (χ1v) is 7.10. The van der Waals surface area contributed by atoms with Crippen LogP contribution < -0.4 is 9.47 Å². The van der Waals surface area contributed by atoms with Crippen LogP contribution in [0.1, 0.15) is 29.3 Å². The SMILES string of the molecule is CC[C@@H]1COc2cc(OCc3ccncc3)ccc2C1=O. The highest BCUT2D eigenvalue weighted by Crippen LogP contribution is 2.32. The number of hydrogen-bond donors (Lipinski definition) is 0. The number of fused-ring (bicyclic) bond motifs is 1. The van der Waals surface area contributed by atoms with Crippen LogP contribution in [0.15, 0.2) is 42.7 Å². The lowest BCUT2D eigenvalue weighted by Crippen LogP contribution is -2.27. The van der Waals surface area contributed by atoms with Gasteiger partial charge in [-0.15, -0.1) is 0 Å². The Labute approximate surface area is 123 Å². The molecule has 0 radical (unpaired) electrons. The molecule has 0 spiro atoms. The Morgan fingerprint density at radius 2 is 2.10 bits per heavy atom. The van der Waals surface area contributed by atoms with Crippen LogP contribution in [0.2, 0.25) is 0 Å². The molecule has 0 aliphatic carbocycles. The topological polar surface area (TPSA) is 48.4 Å². The van der Waals surface area contributed by atoms with Crippen molar-refractivity contribution in [2.75, 3.05) is 6.61 Å². The Morgan fingerprint density at radius 1 is 1.29 bits per heavy atom. The van der Waals surface area contributed by atoms with Crippen molar-refractivity contribution in [3.05, 3.63) is 53.9 Å². The Bertz CT molecular complexity index is 640. The van der Waals surface area contributed by atoms with Crippen molar-refractivity contribution >= 4 is 5.78 Å². The van der Waals surface area contributed by atoms with Crippen LogP contribution in [-0.4, -0.2) is 17.4 Å². The summed E-state index contributed by atoms with van der Waals surface area (Å²) in [5, 5.41) is 0. The van der Waals surface area contributed by atoms with E-state index >= 15 is 0 Å². The molecule has 1 aliphatic rings. The average molecular weight is 283 g/mol. The molecule has 1 aromatic heterocycles.